The number of hydrogen-bond acceptors (Lipinski definition) is 7. The summed E-state index contributed by atoms with van der Waals surface area (Å²) in [5.74, 6) is -4.50. The number of ether oxygens (including phenoxy) is 2. The summed E-state index contributed by atoms with van der Waals surface area (Å²) < 4.78 is 88.5. The van der Waals surface area contributed by atoms with Gasteiger partial charge >= 0.3 is 6.18 Å². The topological polar surface area (TPSA) is 119 Å². The number of halogens is 5. The fraction of sp³-hybridized carbons (Fsp3) is 0.297. The first-order chi connectivity index (χ1) is 25.1. The highest BCUT2D eigenvalue weighted by atomic mass is 19.4. The van der Waals surface area contributed by atoms with Gasteiger partial charge in [-0.15, -0.1) is 0 Å². The number of imidazole rings is 1. The number of fused-ring (bicyclic) bond motifs is 4. The van der Waals surface area contributed by atoms with Gasteiger partial charge in [0.25, 0.3) is 5.91 Å². The number of aromatic nitrogens is 3. The number of methoxy groups -OCH3 is 1. The molecule has 276 valence electrons. The van der Waals surface area contributed by atoms with Gasteiger partial charge < -0.3 is 34.0 Å². The lowest BCUT2D eigenvalue weighted by atomic mass is 9.89. The molecule has 2 aromatic carbocycles. The highest BCUT2D eigenvalue weighted by molar-refractivity contribution is 6.15. The Kier molecular flexibility index (Phi) is 8.95. The molecule has 2 amide bonds. The van der Waals surface area contributed by atoms with Crippen LogP contribution in [0, 0.1) is 11.6 Å². The van der Waals surface area contributed by atoms with E-state index in [1.54, 1.807) is 0 Å². The van der Waals surface area contributed by atoms with Gasteiger partial charge in [0.05, 0.1) is 46.6 Å². The summed E-state index contributed by atoms with van der Waals surface area (Å²) in [6, 6.07) is 6.72. The normalized spacial score (nSPS) is 15.5. The molecule has 0 unspecified atom stereocenters. The predicted octanol–water partition coefficient (Wildman–Crippen LogP) is 5.63. The molecule has 2 aliphatic heterocycles. The SMILES string of the molecule is COCc1nc2c3c(c(C(F)(F)F)cc2n1C)-c1cccn2c(C(=O)c4cc(F)c(NC(=O)/C=C/CNC5(C)COC5)c(F)c4)cc(c12)CN(C)C3=O. The van der Waals surface area contributed by atoms with Crippen LogP contribution in [0.1, 0.15) is 50.3 Å². The Balaban J connectivity index is 1.30. The number of anilines is 1. The standard InChI is InChI=1S/C37H33F5N6O5/c1-36(17-53-18-36)43-9-5-8-28(49)45-31-23(38)11-19(12-24(31)39)34(50)26-13-20-15-46(2)35(51)30-29(21-7-6-10-48(26)33(20)21)22(37(40,41)42)14-25-32(30)44-27(16-52-4)47(25)3/h5-8,10-14,43H,9,15-18H2,1-4H3,(H,45,49)/b8-5+. The maximum Gasteiger partial charge on any atom is 0.417 e. The number of hydrogen-bond donors (Lipinski definition) is 2. The first-order valence-corrected chi connectivity index (χ1v) is 16.4. The van der Waals surface area contributed by atoms with Gasteiger partial charge in [-0.05, 0) is 42.8 Å². The Morgan fingerprint density at radius 3 is 2.45 bits per heavy atom. The minimum absolute atomic E-state index is 0.0139. The molecule has 0 saturated carbocycles. The first kappa shape index (κ1) is 35.9. The number of alkyl halides is 3. The quantitative estimate of drug-likeness (QED) is 0.115. The number of nitrogens with one attached hydrogen (secondary N) is 2. The average Bonchev–Trinajstić information content (AvgIpc) is 3.61. The van der Waals surface area contributed by atoms with E-state index in [1.807, 2.05) is 6.92 Å². The Morgan fingerprint density at radius 2 is 1.81 bits per heavy atom. The van der Waals surface area contributed by atoms with Crippen molar-refractivity contribution in [2.24, 2.45) is 7.05 Å². The highest BCUT2D eigenvalue weighted by Gasteiger charge is 2.40. The van der Waals surface area contributed by atoms with E-state index in [4.69, 9.17) is 9.47 Å². The van der Waals surface area contributed by atoms with Crippen LogP contribution in [-0.4, -0.2) is 75.9 Å². The van der Waals surface area contributed by atoms with Crippen molar-refractivity contribution in [3.63, 3.8) is 0 Å². The van der Waals surface area contributed by atoms with Gasteiger partial charge in [0, 0.05) is 63.3 Å². The Bertz CT molecular complexity index is 2350. The van der Waals surface area contributed by atoms with Crippen molar-refractivity contribution in [3.05, 3.63) is 100 Å². The number of amides is 2. The van der Waals surface area contributed by atoms with E-state index >= 15 is 8.78 Å². The maximum atomic E-state index is 15.3. The molecule has 0 bridgehead atoms. The number of nitrogens with zero attached hydrogens (tertiary/aromatic N) is 4. The molecule has 1 saturated heterocycles. The lowest BCUT2D eigenvalue weighted by Crippen LogP contribution is -2.58. The van der Waals surface area contributed by atoms with Crippen LogP contribution >= 0.6 is 0 Å². The number of ketones is 1. The lowest BCUT2D eigenvalue weighted by Gasteiger charge is -2.38. The molecule has 11 nitrogen and oxygen atoms in total. The molecule has 5 aromatic rings. The zero-order valence-corrected chi connectivity index (χ0v) is 29.0. The molecular weight excluding hydrogens is 703 g/mol. The van der Waals surface area contributed by atoms with Crippen LogP contribution in [0.25, 0.3) is 27.7 Å². The largest absolute Gasteiger partial charge is 0.417 e. The summed E-state index contributed by atoms with van der Waals surface area (Å²) in [5.41, 5.74) is -2.61. The predicted molar refractivity (Wildman–Crippen MR) is 183 cm³/mol. The van der Waals surface area contributed by atoms with Crippen molar-refractivity contribution in [2.75, 3.05) is 39.2 Å². The molecule has 53 heavy (non-hydrogen) atoms. The van der Waals surface area contributed by atoms with E-state index in [0.29, 0.717) is 31.1 Å². The van der Waals surface area contributed by atoms with Crippen LogP contribution in [0.15, 0.2) is 54.7 Å². The minimum Gasteiger partial charge on any atom is -0.377 e. The summed E-state index contributed by atoms with van der Waals surface area (Å²) in [5, 5.41) is 5.34. The fourth-order valence-corrected chi connectivity index (χ4v) is 6.81. The van der Waals surface area contributed by atoms with Crippen LogP contribution in [-0.2, 0) is 40.6 Å². The van der Waals surface area contributed by atoms with E-state index in [2.05, 4.69) is 15.6 Å². The monoisotopic (exact) mass is 736 g/mol. The van der Waals surface area contributed by atoms with Crippen molar-refractivity contribution in [1.29, 1.82) is 0 Å². The molecule has 2 N–H and O–H groups in total. The van der Waals surface area contributed by atoms with Crippen molar-refractivity contribution < 1.29 is 45.8 Å². The van der Waals surface area contributed by atoms with Gasteiger partial charge in [-0.2, -0.15) is 13.2 Å². The average molecular weight is 737 g/mol. The molecule has 1 fully saturated rings. The summed E-state index contributed by atoms with van der Waals surface area (Å²) in [4.78, 5) is 46.2. The molecule has 7 rings (SSSR count). The van der Waals surface area contributed by atoms with Gasteiger partial charge in [-0.3, -0.25) is 14.4 Å². The van der Waals surface area contributed by atoms with E-state index < -0.39 is 57.8 Å². The fourth-order valence-electron chi connectivity index (χ4n) is 6.81. The lowest BCUT2D eigenvalue weighted by molar-refractivity contribution is -0.137. The third-order valence-corrected chi connectivity index (χ3v) is 9.50. The minimum atomic E-state index is -4.91. The number of aryl methyl sites for hydroxylation is 1. The molecule has 0 radical (unpaired) electrons. The van der Waals surface area contributed by atoms with Crippen LogP contribution < -0.4 is 10.6 Å². The van der Waals surface area contributed by atoms with Crippen molar-refractivity contribution in [3.8, 4) is 11.1 Å². The molecule has 0 aliphatic carbocycles. The molecule has 0 spiro atoms. The third kappa shape index (κ3) is 6.25. The Hall–Kier alpha value is -5.45. The van der Waals surface area contributed by atoms with E-state index in [0.717, 1.165) is 24.3 Å². The smallest absolute Gasteiger partial charge is 0.377 e. The van der Waals surface area contributed by atoms with Gasteiger partial charge in [0.2, 0.25) is 11.7 Å². The van der Waals surface area contributed by atoms with Crippen LogP contribution in [0.5, 0.6) is 0 Å². The summed E-state index contributed by atoms with van der Waals surface area (Å²) in [7, 11) is 4.37. The first-order valence-electron chi connectivity index (χ1n) is 16.4. The van der Waals surface area contributed by atoms with Gasteiger partial charge in [0.15, 0.2) is 0 Å². The third-order valence-electron chi connectivity index (χ3n) is 9.50. The zero-order chi connectivity index (χ0) is 38.0. The number of carbonyl (C=O) groups is 3. The van der Waals surface area contributed by atoms with Crippen molar-refractivity contribution in [2.45, 2.75) is 31.8 Å². The van der Waals surface area contributed by atoms with Gasteiger partial charge in [-0.25, -0.2) is 13.8 Å². The van der Waals surface area contributed by atoms with Crippen LogP contribution in [0.4, 0.5) is 27.6 Å². The summed E-state index contributed by atoms with van der Waals surface area (Å²) in [6.45, 7) is 3.16. The van der Waals surface area contributed by atoms with Crippen LogP contribution in [0.3, 0.4) is 0 Å². The zero-order valence-electron chi connectivity index (χ0n) is 29.0. The number of benzene rings is 2. The van der Waals surface area contributed by atoms with E-state index in [1.165, 1.54) is 65.5 Å². The molecule has 5 heterocycles. The summed E-state index contributed by atoms with van der Waals surface area (Å²) >= 11 is 0. The van der Waals surface area contributed by atoms with Crippen LogP contribution in [0.2, 0.25) is 0 Å². The van der Waals surface area contributed by atoms with E-state index in [9.17, 15) is 27.6 Å². The molecular formula is C37H33F5N6O5. The second kappa shape index (κ2) is 13.2. The second-order valence-corrected chi connectivity index (χ2v) is 13.4. The Morgan fingerprint density at radius 1 is 1.09 bits per heavy atom. The molecule has 2 aliphatic rings. The second-order valence-electron chi connectivity index (χ2n) is 13.4. The molecule has 3 aromatic heterocycles. The number of pyridine rings is 1. The summed E-state index contributed by atoms with van der Waals surface area (Å²) in [6.07, 6.45) is -0.856. The number of rotatable bonds is 9. The van der Waals surface area contributed by atoms with Gasteiger partial charge in [-0.1, -0.05) is 12.1 Å². The van der Waals surface area contributed by atoms with Crippen molar-refractivity contribution >= 4 is 39.8 Å². The Labute approximate surface area is 299 Å². The molecule has 16 heteroatoms. The van der Waals surface area contributed by atoms with Crippen molar-refractivity contribution in [1.82, 2.24) is 24.2 Å². The maximum absolute atomic E-state index is 15.3. The highest BCUT2D eigenvalue weighted by Crippen LogP contribution is 2.46. The molecule has 0 atom stereocenters. The van der Waals surface area contributed by atoms with E-state index in [-0.39, 0.29) is 52.1 Å². The van der Waals surface area contributed by atoms with Gasteiger partial charge in [0.1, 0.15) is 35.3 Å². The number of carbonyl (C=O) groups excluding carboxylic acids is 3.